The number of hydrogen-bond acceptors (Lipinski definition) is 2. The monoisotopic (exact) mass is 245 g/mol. The third-order valence-corrected chi connectivity index (χ3v) is 4.02. The first-order chi connectivity index (χ1) is 8.27. The molecule has 0 unspecified atom stereocenters. The lowest BCUT2D eigenvalue weighted by Gasteiger charge is -1.99. The Kier molecular flexibility index (Phi) is 2.44. The number of benzene rings is 1. The van der Waals surface area contributed by atoms with Crippen LogP contribution in [0.3, 0.4) is 0 Å². The van der Waals surface area contributed by atoms with Crippen LogP contribution in [0.2, 0.25) is 0 Å². The molecule has 0 bridgehead atoms. The van der Waals surface area contributed by atoms with Crippen molar-refractivity contribution in [1.82, 2.24) is 0 Å². The molecule has 0 atom stereocenters. The molecule has 0 radical (unpaired) electrons. The topological polar surface area (TPSA) is 24.2 Å². The van der Waals surface area contributed by atoms with E-state index in [2.05, 4.69) is 22.1 Å². The number of thiazole rings is 1. The molecule has 0 spiro atoms. The maximum Gasteiger partial charge on any atom is 0.344 e. The van der Waals surface area contributed by atoms with Gasteiger partial charge in [0, 0.05) is 17.9 Å². The van der Waals surface area contributed by atoms with Crippen LogP contribution < -0.4 is 9.47 Å². The van der Waals surface area contributed by atoms with Crippen LogP contribution in [0, 0.1) is 0 Å². The molecule has 3 rings (SSSR count). The Balaban J connectivity index is 2.06. The second kappa shape index (κ2) is 3.96. The van der Waals surface area contributed by atoms with E-state index in [0.29, 0.717) is 0 Å². The quantitative estimate of drug-likeness (QED) is 0.706. The summed E-state index contributed by atoms with van der Waals surface area (Å²) >= 11 is 1.64. The normalized spacial score (nSPS) is 13.8. The number of anilines is 1. The molecule has 2 aromatic rings. The zero-order valence-corrected chi connectivity index (χ0v) is 10.4. The van der Waals surface area contributed by atoms with E-state index < -0.39 is 0 Å². The molecule has 0 aliphatic carbocycles. The van der Waals surface area contributed by atoms with Crippen LogP contribution in [0.25, 0.3) is 11.3 Å². The third kappa shape index (κ3) is 1.65. The average molecular weight is 245 g/mol. The van der Waals surface area contributed by atoms with Crippen molar-refractivity contribution >= 4 is 22.4 Å². The predicted octanol–water partition coefficient (Wildman–Crippen LogP) is 2.07. The number of hydrogen-bond donors (Lipinski definition) is 0. The zero-order chi connectivity index (χ0) is 11.8. The van der Waals surface area contributed by atoms with Gasteiger partial charge in [-0.1, -0.05) is 41.7 Å². The summed E-state index contributed by atoms with van der Waals surface area (Å²) in [4.78, 5) is 13.3. The molecule has 1 aromatic carbocycles. The number of nitrogens with zero attached hydrogens (tertiary/aromatic N) is 2. The summed E-state index contributed by atoms with van der Waals surface area (Å²) in [5.74, 6) is 0.123. The molecule has 3 nitrogen and oxygen atoms in total. The van der Waals surface area contributed by atoms with Gasteiger partial charge in [-0.05, 0) is 0 Å². The van der Waals surface area contributed by atoms with Crippen molar-refractivity contribution in [3.8, 4) is 11.3 Å². The Bertz CT molecular complexity index is 562. The van der Waals surface area contributed by atoms with E-state index in [0.717, 1.165) is 18.2 Å². The number of aromatic nitrogens is 1. The molecule has 17 heavy (non-hydrogen) atoms. The lowest BCUT2D eigenvalue weighted by molar-refractivity contribution is -0.655. The van der Waals surface area contributed by atoms with Crippen LogP contribution >= 0.6 is 11.3 Å². The summed E-state index contributed by atoms with van der Waals surface area (Å²) in [5, 5.41) is 3.18. The van der Waals surface area contributed by atoms with Crippen molar-refractivity contribution in [2.45, 2.75) is 13.5 Å². The SMILES string of the molecule is CC(=O)N1CC[n+]2c(-c3ccccc3)csc21. The summed E-state index contributed by atoms with van der Waals surface area (Å²) < 4.78 is 2.22. The molecule has 1 aliphatic heterocycles. The van der Waals surface area contributed by atoms with Gasteiger partial charge in [-0.2, -0.15) is 4.90 Å². The van der Waals surface area contributed by atoms with Gasteiger partial charge < -0.3 is 0 Å². The van der Waals surface area contributed by atoms with Gasteiger partial charge in [-0.15, -0.1) is 0 Å². The molecular weight excluding hydrogens is 232 g/mol. The minimum Gasteiger partial charge on any atom is -0.247 e. The highest BCUT2D eigenvalue weighted by molar-refractivity contribution is 7.13. The standard InChI is InChI=1S/C13H13N2OS/c1-10(16)14-7-8-15-12(9-17-13(14)15)11-5-3-2-4-6-11/h2-6,9H,7-8H2,1H3/q+1. The Morgan fingerprint density at radius 1 is 1.35 bits per heavy atom. The van der Waals surface area contributed by atoms with Crippen molar-refractivity contribution < 1.29 is 9.36 Å². The van der Waals surface area contributed by atoms with Crippen molar-refractivity contribution in [3.63, 3.8) is 0 Å². The van der Waals surface area contributed by atoms with Crippen molar-refractivity contribution in [1.29, 1.82) is 0 Å². The number of rotatable bonds is 1. The van der Waals surface area contributed by atoms with Crippen molar-refractivity contribution in [3.05, 3.63) is 35.7 Å². The van der Waals surface area contributed by atoms with Gasteiger partial charge in [-0.25, -0.2) is 9.36 Å². The van der Waals surface area contributed by atoms with Crippen LogP contribution in [0.15, 0.2) is 35.7 Å². The molecular formula is C13H13N2OS+. The van der Waals surface area contributed by atoms with Crippen LogP contribution in [0.1, 0.15) is 6.92 Å². The van der Waals surface area contributed by atoms with Crippen molar-refractivity contribution in [2.75, 3.05) is 11.4 Å². The summed E-state index contributed by atoms with van der Waals surface area (Å²) in [6, 6.07) is 10.3. The second-order valence-corrected chi connectivity index (χ2v) is 4.93. The fourth-order valence-electron chi connectivity index (χ4n) is 2.18. The average Bonchev–Trinajstić information content (AvgIpc) is 2.89. The van der Waals surface area contributed by atoms with Gasteiger partial charge in [0.2, 0.25) is 0 Å². The fourth-order valence-corrected chi connectivity index (χ4v) is 3.33. The predicted molar refractivity (Wildman–Crippen MR) is 68.0 cm³/mol. The molecule has 0 saturated carbocycles. The first-order valence-corrected chi connectivity index (χ1v) is 6.50. The van der Waals surface area contributed by atoms with Gasteiger partial charge in [-0.3, -0.25) is 0 Å². The van der Waals surface area contributed by atoms with Gasteiger partial charge in [0.05, 0.1) is 0 Å². The molecule has 4 heteroatoms. The molecule has 0 fully saturated rings. The lowest BCUT2D eigenvalue weighted by atomic mass is 10.2. The van der Waals surface area contributed by atoms with Crippen LogP contribution in [0.5, 0.6) is 0 Å². The molecule has 86 valence electrons. The van der Waals surface area contributed by atoms with E-state index in [-0.39, 0.29) is 5.91 Å². The van der Waals surface area contributed by atoms with Gasteiger partial charge in [0.1, 0.15) is 18.8 Å². The largest absolute Gasteiger partial charge is 0.344 e. The number of carbonyl (C=O) groups is 1. The number of carbonyl (C=O) groups excluding carboxylic acids is 1. The van der Waals surface area contributed by atoms with E-state index in [4.69, 9.17) is 0 Å². The molecule has 2 heterocycles. The maximum atomic E-state index is 11.5. The maximum absolute atomic E-state index is 11.5. The summed E-state index contributed by atoms with van der Waals surface area (Å²) in [5.41, 5.74) is 2.41. The molecule has 1 aliphatic rings. The zero-order valence-electron chi connectivity index (χ0n) is 9.59. The highest BCUT2D eigenvalue weighted by Crippen LogP contribution is 2.28. The smallest absolute Gasteiger partial charge is 0.247 e. The van der Waals surface area contributed by atoms with Gasteiger partial charge in [0.15, 0.2) is 0 Å². The highest BCUT2D eigenvalue weighted by Gasteiger charge is 2.35. The summed E-state index contributed by atoms with van der Waals surface area (Å²) in [6.07, 6.45) is 0. The summed E-state index contributed by atoms with van der Waals surface area (Å²) in [7, 11) is 0. The van der Waals surface area contributed by atoms with Crippen LogP contribution in [-0.4, -0.2) is 12.5 Å². The number of amides is 1. The minimum atomic E-state index is 0.123. The third-order valence-electron chi connectivity index (χ3n) is 3.03. The number of fused-ring (bicyclic) bond motifs is 1. The van der Waals surface area contributed by atoms with E-state index in [1.807, 2.05) is 23.1 Å². The Hall–Kier alpha value is -1.68. The van der Waals surface area contributed by atoms with E-state index in [1.165, 1.54) is 11.3 Å². The lowest BCUT2D eigenvalue weighted by Crippen LogP contribution is -2.31. The molecule has 0 N–H and O–H groups in total. The Morgan fingerprint density at radius 2 is 2.12 bits per heavy atom. The van der Waals surface area contributed by atoms with Crippen LogP contribution in [-0.2, 0) is 11.3 Å². The molecule has 0 saturated heterocycles. The van der Waals surface area contributed by atoms with Gasteiger partial charge in [0.25, 0.3) is 0 Å². The first kappa shape index (κ1) is 10.5. The summed E-state index contributed by atoms with van der Waals surface area (Å²) in [6.45, 7) is 3.31. The van der Waals surface area contributed by atoms with E-state index >= 15 is 0 Å². The first-order valence-electron chi connectivity index (χ1n) is 5.62. The Morgan fingerprint density at radius 3 is 2.82 bits per heavy atom. The van der Waals surface area contributed by atoms with Crippen LogP contribution in [0.4, 0.5) is 5.13 Å². The second-order valence-electron chi connectivity index (χ2n) is 4.09. The molecule has 1 amide bonds. The van der Waals surface area contributed by atoms with Gasteiger partial charge >= 0.3 is 11.0 Å². The fraction of sp³-hybridized carbons (Fsp3) is 0.231. The molecule has 1 aromatic heterocycles. The van der Waals surface area contributed by atoms with E-state index in [9.17, 15) is 4.79 Å². The van der Waals surface area contributed by atoms with E-state index in [1.54, 1.807) is 18.3 Å². The Labute approximate surface area is 104 Å². The van der Waals surface area contributed by atoms with Crippen molar-refractivity contribution in [2.24, 2.45) is 0 Å². The highest BCUT2D eigenvalue weighted by atomic mass is 32.1. The minimum absolute atomic E-state index is 0.123.